The number of ether oxygens (including phenoxy) is 1. The van der Waals surface area contributed by atoms with Crippen LogP contribution in [0.1, 0.15) is 11.3 Å². The van der Waals surface area contributed by atoms with E-state index >= 15 is 0 Å². The second-order valence-electron chi connectivity index (χ2n) is 9.45. The highest BCUT2D eigenvalue weighted by atomic mass is 19.4. The molecule has 1 aromatic carbocycles. The van der Waals surface area contributed by atoms with Gasteiger partial charge in [0.2, 0.25) is 5.82 Å². The van der Waals surface area contributed by atoms with Crippen molar-refractivity contribution in [2.24, 2.45) is 0 Å². The third-order valence-corrected chi connectivity index (χ3v) is 6.46. The maximum absolute atomic E-state index is 12.4. The molecule has 1 saturated heterocycles. The van der Waals surface area contributed by atoms with Gasteiger partial charge < -0.3 is 19.5 Å². The molecule has 1 fully saturated rings. The Hall–Kier alpha value is -3.97. The Morgan fingerprint density at radius 1 is 1.05 bits per heavy atom. The molecule has 0 amide bonds. The van der Waals surface area contributed by atoms with Crippen molar-refractivity contribution in [1.82, 2.24) is 34.7 Å². The van der Waals surface area contributed by atoms with Crippen LogP contribution in [0.3, 0.4) is 0 Å². The highest BCUT2D eigenvalue weighted by Gasteiger charge is 2.31. The van der Waals surface area contributed by atoms with Crippen LogP contribution in [0.15, 0.2) is 53.2 Å². The number of hydrogen-bond acceptors (Lipinski definition) is 9. The molecule has 13 heteroatoms. The molecule has 0 saturated carbocycles. The van der Waals surface area contributed by atoms with Crippen LogP contribution < -0.4 is 10.1 Å². The molecule has 0 radical (unpaired) electrons. The molecule has 0 bridgehead atoms. The van der Waals surface area contributed by atoms with E-state index in [1.165, 1.54) is 24.3 Å². The van der Waals surface area contributed by atoms with E-state index < -0.39 is 6.36 Å². The summed E-state index contributed by atoms with van der Waals surface area (Å²) < 4.78 is 48.2. The molecular weight excluding hydrogens is 513 g/mol. The first-order valence-corrected chi connectivity index (χ1v) is 12.6. The van der Waals surface area contributed by atoms with Gasteiger partial charge in [-0.3, -0.25) is 9.58 Å². The quantitative estimate of drug-likeness (QED) is 0.338. The molecule has 3 aromatic heterocycles. The van der Waals surface area contributed by atoms with Crippen LogP contribution in [0.2, 0.25) is 0 Å². The van der Waals surface area contributed by atoms with Gasteiger partial charge in [0.25, 0.3) is 5.89 Å². The number of pyridine rings is 1. The summed E-state index contributed by atoms with van der Waals surface area (Å²) in [4.78, 5) is 13.7. The molecule has 0 aliphatic carbocycles. The minimum Gasteiger partial charge on any atom is -0.406 e. The van der Waals surface area contributed by atoms with Crippen LogP contribution in [-0.2, 0) is 6.54 Å². The van der Waals surface area contributed by atoms with Crippen LogP contribution >= 0.6 is 0 Å². The molecule has 206 valence electrons. The summed E-state index contributed by atoms with van der Waals surface area (Å²) in [6.07, 6.45) is -2.92. The summed E-state index contributed by atoms with van der Waals surface area (Å²) in [6.45, 7) is 8.66. The smallest absolute Gasteiger partial charge is 0.406 e. The third kappa shape index (κ3) is 7.12. The van der Waals surface area contributed by atoms with Crippen molar-refractivity contribution in [2.45, 2.75) is 19.8 Å². The Labute approximate surface area is 223 Å². The topological polar surface area (TPSA) is 97.4 Å². The first-order chi connectivity index (χ1) is 18.7. The summed E-state index contributed by atoms with van der Waals surface area (Å²) in [5.41, 5.74) is 2.87. The number of likely N-dealkylation sites (N-methyl/N-ethyl adjacent to an activating group) is 1. The van der Waals surface area contributed by atoms with Crippen molar-refractivity contribution >= 4 is 5.82 Å². The number of aromatic nitrogens is 5. The zero-order valence-electron chi connectivity index (χ0n) is 21.6. The molecule has 1 N–H and O–H groups in total. The van der Waals surface area contributed by atoms with Crippen molar-refractivity contribution in [3.63, 3.8) is 0 Å². The van der Waals surface area contributed by atoms with Gasteiger partial charge in [0.1, 0.15) is 11.6 Å². The Morgan fingerprint density at radius 2 is 1.82 bits per heavy atom. The van der Waals surface area contributed by atoms with E-state index in [1.54, 1.807) is 0 Å². The number of rotatable bonds is 9. The minimum atomic E-state index is -4.75. The fraction of sp³-hybridized carbons (Fsp3) is 0.385. The highest BCUT2D eigenvalue weighted by Crippen LogP contribution is 2.27. The SMILES string of the molecule is Cc1cc(-c2nc(-c3ccc(OC(F)(F)F)cc3)no2)nn1Cc1ccc(NCCN2CCN(C)CC2)nc1. The number of nitrogens with zero attached hydrogens (tertiary/aromatic N) is 7. The number of piperazine rings is 1. The van der Waals surface area contributed by atoms with E-state index in [9.17, 15) is 13.2 Å². The van der Waals surface area contributed by atoms with E-state index in [0.717, 1.165) is 56.3 Å². The average molecular weight is 543 g/mol. The molecule has 5 rings (SSSR count). The number of halogens is 3. The van der Waals surface area contributed by atoms with Gasteiger partial charge in [0.15, 0.2) is 5.69 Å². The lowest BCUT2D eigenvalue weighted by Gasteiger charge is -2.32. The van der Waals surface area contributed by atoms with Crippen molar-refractivity contribution < 1.29 is 22.4 Å². The molecule has 39 heavy (non-hydrogen) atoms. The van der Waals surface area contributed by atoms with E-state index in [4.69, 9.17) is 4.52 Å². The monoisotopic (exact) mass is 542 g/mol. The van der Waals surface area contributed by atoms with E-state index in [0.29, 0.717) is 17.8 Å². The molecule has 4 heterocycles. The lowest BCUT2D eigenvalue weighted by Crippen LogP contribution is -2.45. The molecular formula is C26H29F3N8O2. The summed E-state index contributed by atoms with van der Waals surface area (Å²) >= 11 is 0. The largest absolute Gasteiger partial charge is 0.573 e. The number of alkyl halides is 3. The van der Waals surface area contributed by atoms with Crippen LogP contribution in [0.4, 0.5) is 19.0 Å². The van der Waals surface area contributed by atoms with E-state index in [-0.39, 0.29) is 17.5 Å². The van der Waals surface area contributed by atoms with Gasteiger partial charge in [0, 0.05) is 56.7 Å². The van der Waals surface area contributed by atoms with E-state index in [2.05, 4.69) is 47.1 Å². The Morgan fingerprint density at radius 3 is 2.51 bits per heavy atom. The van der Waals surface area contributed by atoms with Gasteiger partial charge >= 0.3 is 6.36 Å². The molecule has 0 atom stereocenters. The van der Waals surface area contributed by atoms with Gasteiger partial charge in [-0.05, 0) is 55.9 Å². The molecule has 1 aliphatic rings. The van der Waals surface area contributed by atoms with Crippen LogP contribution in [0.5, 0.6) is 5.75 Å². The minimum absolute atomic E-state index is 0.209. The third-order valence-electron chi connectivity index (χ3n) is 6.46. The van der Waals surface area contributed by atoms with E-state index in [1.807, 2.05) is 36.0 Å². The maximum atomic E-state index is 12.4. The van der Waals surface area contributed by atoms with Crippen LogP contribution in [0.25, 0.3) is 23.0 Å². The van der Waals surface area contributed by atoms with Crippen molar-refractivity contribution in [3.8, 4) is 28.7 Å². The van der Waals surface area contributed by atoms with Crippen LogP contribution in [0, 0.1) is 6.92 Å². The Kier molecular flexibility index (Phi) is 7.79. The molecule has 4 aromatic rings. The normalized spacial score (nSPS) is 15.0. The van der Waals surface area contributed by atoms with Gasteiger partial charge in [-0.25, -0.2) is 4.98 Å². The standard InChI is InChI=1S/C26H29F3N8O2/c1-18-15-22(25-32-24(34-39-25)20-4-6-21(7-5-20)38-26(27,28)29)33-37(18)17-19-3-8-23(31-16-19)30-9-10-36-13-11-35(2)12-14-36/h3-8,15-16H,9-14,17H2,1-2H3,(H,30,31). The lowest BCUT2D eigenvalue weighted by atomic mass is 10.2. The maximum Gasteiger partial charge on any atom is 0.573 e. The summed E-state index contributed by atoms with van der Waals surface area (Å²) in [5, 5.41) is 11.9. The number of hydrogen-bond donors (Lipinski definition) is 1. The second kappa shape index (κ2) is 11.4. The predicted octanol–water partition coefficient (Wildman–Crippen LogP) is 3.91. The zero-order chi connectivity index (χ0) is 27.4. The molecule has 1 aliphatic heterocycles. The van der Waals surface area contributed by atoms with Crippen molar-refractivity contribution in [2.75, 3.05) is 51.6 Å². The van der Waals surface area contributed by atoms with Gasteiger partial charge in [-0.1, -0.05) is 11.2 Å². The number of anilines is 1. The van der Waals surface area contributed by atoms with Crippen molar-refractivity contribution in [1.29, 1.82) is 0 Å². The summed E-state index contributed by atoms with van der Waals surface area (Å²) in [7, 11) is 2.15. The fourth-order valence-electron chi connectivity index (χ4n) is 4.23. The Balaban J connectivity index is 1.17. The van der Waals surface area contributed by atoms with Gasteiger partial charge in [-0.2, -0.15) is 10.1 Å². The van der Waals surface area contributed by atoms with Crippen LogP contribution in [-0.4, -0.2) is 87.4 Å². The molecule has 10 nitrogen and oxygen atoms in total. The average Bonchev–Trinajstić information content (AvgIpc) is 3.53. The fourth-order valence-corrected chi connectivity index (χ4v) is 4.23. The number of benzene rings is 1. The van der Waals surface area contributed by atoms with Crippen molar-refractivity contribution in [3.05, 3.63) is 59.9 Å². The second-order valence-corrected chi connectivity index (χ2v) is 9.45. The van der Waals surface area contributed by atoms with Gasteiger partial charge in [0.05, 0.1) is 6.54 Å². The first kappa shape index (κ1) is 26.6. The summed E-state index contributed by atoms with van der Waals surface area (Å²) in [6, 6.07) is 11.1. The first-order valence-electron chi connectivity index (χ1n) is 12.6. The highest BCUT2D eigenvalue weighted by molar-refractivity contribution is 5.59. The zero-order valence-corrected chi connectivity index (χ0v) is 21.6. The number of nitrogens with one attached hydrogen (secondary N) is 1. The number of aryl methyl sites for hydroxylation is 1. The molecule has 0 unspecified atom stereocenters. The summed E-state index contributed by atoms with van der Waals surface area (Å²) in [5.74, 6) is 0.951. The van der Waals surface area contributed by atoms with Gasteiger partial charge in [-0.15, -0.1) is 13.2 Å². The Bertz CT molecular complexity index is 1360. The lowest BCUT2D eigenvalue weighted by molar-refractivity contribution is -0.274. The molecule has 0 spiro atoms. The predicted molar refractivity (Wildman–Crippen MR) is 138 cm³/mol.